The Bertz CT molecular complexity index is 294. The van der Waals surface area contributed by atoms with E-state index < -0.39 is 6.09 Å². The minimum Gasteiger partial charge on any atom is -0.452 e. The summed E-state index contributed by atoms with van der Waals surface area (Å²) < 4.78 is 4.57. The van der Waals surface area contributed by atoms with Crippen LogP contribution in [-0.4, -0.2) is 30.4 Å². The molecule has 0 fully saturated rings. The third-order valence-electron chi connectivity index (χ3n) is 2.05. The third kappa shape index (κ3) is 2.02. The monoisotopic (exact) mass is 195 g/mol. The number of methoxy groups -OCH3 is 1. The number of ketones is 1. The first kappa shape index (κ1) is 10.5. The van der Waals surface area contributed by atoms with Crippen LogP contribution in [0.15, 0.2) is 24.4 Å². The fourth-order valence-corrected chi connectivity index (χ4v) is 1.36. The number of rotatable bonds is 2. The van der Waals surface area contributed by atoms with Gasteiger partial charge in [0.1, 0.15) is 0 Å². The van der Waals surface area contributed by atoms with Gasteiger partial charge in [-0.1, -0.05) is 12.7 Å². The molecule has 1 amide bonds. The lowest BCUT2D eigenvalue weighted by molar-refractivity contribution is -0.112. The molecule has 0 bridgehead atoms. The highest BCUT2D eigenvalue weighted by molar-refractivity contribution is 6.05. The number of ether oxygens (including phenoxy) is 1. The average Bonchev–Trinajstić information content (AvgIpc) is 2.27. The van der Waals surface area contributed by atoms with Gasteiger partial charge in [0.25, 0.3) is 0 Å². The lowest BCUT2D eigenvalue weighted by atomic mass is 10.1. The Morgan fingerprint density at radius 1 is 1.64 bits per heavy atom. The molecule has 0 N–H and O–H groups in total. The number of amides is 1. The first-order valence-electron chi connectivity index (χ1n) is 4.43. The topological polar surface area (TPSA) is 46.6 Å². The van der Waals surface area contributed by atoms with Crippen LogP contribution in [0.3, 0.4) is 0 Å². The quantitative estimate of drug-likeness (QED) is 0.627. The van der Waals surface area contributed by atoms with Crippen LogP contribution in [0, 0.1) is 0 Å². The van der Waals surface area contributed by atoms with Crippen molar-refractivity contribution in [3.8, 4) is 0 Å². The number of hydrogen-bond acceptors (Lipinski definition) is 3. The van der Waals surface area contributed by atoms with Gasteiger partial charge in [-0.2, -0.15) is 0 Å². The van der Waals surface area contributed by atoms with Crippen LogP contribution in [0.4, 0.5) is 4.79 Å². The first-order valence-corrected chi connectivity index (χ1v) is 4.43. The molecule has 1 aliphatic heterocycles. The molecule has 0 saturated carbocycles. The van der Waals surface area contributed by atoms with Gasteiger partial charge < -0.3 is 4.74 Å². The van der Waals surface area contributed by atoms with Gasteiger partial charge in [0.2, 0.25) is 5.78 Å². The minimum absolute atomic E-state index is 0.241. The molecule has 4 nitrogen and oxygen atoms in total. The fourth-order valence-electron chi connectivity index (χ4n) is 1.36. The van der Waals surface area contributed by atoms with E-state index >= 15 is 0 Å². The molecule has 0 spiro atoms. The molecule has 1 rings (SSSR count). The Morgan fingerprint density at radius 2 is 2.36 bits per heavy atom. The number of carbonyl (C=O) groups is 2. The summed E-state index contributed by atoms with van der Waals surface area (Å²) in [5.41, 5.74) is 0.373. The molecule has 1 aliphatic rings. The highest BCUT2D eigenvalue weighted by Crippen LogP contribution is 2.16. The van der Waals surface area contributed by atoms with E-state index in [4.69, 9.17) is 0 Å². The second-order valence-electron chi connectivity index (χ2n) is 2.92. The Balaban J connectivity index is 2.87. The van der Waals surface area contributed by atoms with E-state index in [0.29, 0.717) is 12.2 Å². The van der Waals surface area contributed by atoms with E-state index in [1.54, 1.807) is 6.08 Å². The summed E-state index contributed by atoms with van der Waals surface area (Å²) in [5.74, 6) is -0.241. The fraction of sp³-hybridized carbons (Fsp3) is 0.400. The highest BCUT2D eigenvalue weighted by atomic mass is 16.5. The van der Waals surface area contributed by atoms with Crippen LogP contribution in [0.25, 0.3) is 0 Å². The van der Waals surface area contributed by atoms with Crippen LogP contribution in [0.2, 0.25) is 0 Å². The zero-order chi connectivity index (χ0) is 10.6. The largest absolute Gasteiger partial charge is 0.452 e. The summed E-state index contributed by atoms with van der Waals surface area (Å²) in [6, 6.07) is 0. The average molecular weight is 195 g/mol. The van der Waals surface area contributed by atoms with Gasteiger partial charge >= 0.3 is 6.09 Å². The van der Waals surface area contributed by atoms with Gasteiger partial charge in [0.15, 0.2) is 0 Å². The Labute approximate surface area is 82.8 Å². The van der Waals surface area contributed by atoms with Crippen molar-refractivity contribution in [1.29, 1.82) is 0 Å². The molecule has 4 heteroatoms. The number of allylic oxidation sites excluding steroid dienone is 2. The summed E-state index contributed by atoms with van der Waals surface area (Å²) in [5, 5.41) is 0. The molecule has 0 aliphatic carbocycles. The van der Waals surface area contributed by atoms with E-state index in [2.05, 4.69) is 11.3 Å². The van der Waals surface area contributed by atoms with Crippen LogP contribution >= 0.6 is 0 Å². The van der Waals surface area contributed by atoms with Crippen molar-refractivity contribution in [3.63, 3.8) is 0 Å². The standard InChI is InChI=1S/C10H13NO3/c1-3-9(12)8-6-4-5-7-11(8)10(13)14-2/h3,6H,1,4-5,7H2,2H3. The molecule has 0 saturated heterocycles. The predicted molar refractivity (Wildman–Crippen MR) is 51.6 cm³/mol. The summed E-state index contributed by atoms with van der Waals surface area (Å²) in [6.07, 6.45) is 4.11. The lowest BCUT2D eigenvalue weighted by Crippen LogP contribution is -2.35. The van der Waals surface area contributed by atoms with Gasteiger partial charge in [0, 0.05) is 6.54 Å². The molecule has 76 valence electrons. The minimum atomic E-state index is -0.494. The predicted octanol–water partition coefficient (Wildman–Crippen LogP) is 1.49. The number of carbonyl (C=O) groups excluding carboxylic acids is 2. The molecule has 0 radical (unpaired) electrons. The zero-order valence-corrected chi connectivity index (χ0v) is 8.16. The van der Waals surface area contributed by atoms with Crippen molar-refractivity contribution in [1.82, 2.24) is 4.90 Å². The van der Waals surface area contributed by atoms with Crippen molar-refractivity contribution >= 4 is 11.9 Å². The van der Waals surface area contributed by atoms with Gasteiger partial charge in [-0.25, -0.2) is 4.79 Å². The normalized spacial score (nSPS) is 15.8. The molecular weight excluding hydrogens is 182 g/mol. The molecule has 0 atom stereocenters. The molecular formula is C10H13NO3. The van der Waals surface area contributed by atoms with Gasteiger partial charge in [-0.15, -0.1) is 0 Å². The summed E-state index contributed by atoms with van der Waals surface area (Å²) in [7, 11) is 1.30. The van der Waals surface area contributed by atoms with Crippen LogP contribution in [-0.2, 0) is 9.53 Å². The molecule has 0 unspecified atom stereocenters. The molecule has 1 heterocycles. The summed E-state index contributed by atoms with van der Waals surface area (Å²) >= 11 is 0. The van der Waals surface area contributed by atoms with E-state index in [-0.39, 0.29) is 5.78 Å². The van der Waals surface area contributed by atoms with E-state index in [0.717, 1.165) is 12.8 Å². The number of nitrogens with zero attached hydrogens (tertiary/aromatic N) is 1. The first-order chi connectivity index (χ1) is 6.70. The van der Waals surface area contributed by atoms with E-state index in [1.807, 2.05) is 0 Å². The summed E-state index contributed by atoms with van der Waals surface area (Å²) in [6.45, 7) is 3.91. The number of hydrogen-bond donors (Lipinski definition) is 0. The van der Waals surface area contributed by atoms with Crippen LogP contribution in [0.1, 0.15) is 12.8 Å². The zero-order valence-electron chi connectivity index (χ0n) is 8.16. The molecule has 0 aromatic rings. The van der Waals surface area contributed by atoms with Crippen molar-refractivity contribution in [2.45, 2.75) is 12.8 Å². The Kier molecular flexibility index (Phi) is 3.45. The van der Waals surface area contributed by atoms with E-state index in [1.165, 1.54) is 18.1 Å². The van der Waals surface area contributed by atoms with Gasteiger partial charge in [-0.3, -0.25) is 9.69 Å². The molecule has 14 heavy (non-hydrogen) atoms. The van der Waals surface area contributed by atoms with Crippen LogP contribution in [0.5, 0.6) is 0 Å². The highest BCUT2D eigenvalue weighted by Gasteiger charge is 2.24. The van der Waals surface area contributed by atoms with Gasteiger partial charge in [0.05, 0.1) is 12.8 Å². The smallest absolute Gasteiger partial charge is 0.414 e. The maximum Gasteiger partial charge on any atom is 0.414 e. The van der Waals surface area contributed by atoms with Crippen molar-refractivity contribution < 1.29 is 14.3 Å². The van der Waals surface area contributed by atoms with Crippen molar-refractivity contribution in [2.24, 2.45) is 0 Å². The lowest BCUT2D eigenvalue weighted by Gasteiger charge is -2.25. The molecule has 0 aromatic heterocycles. The Morgan fingerprint density at radius 3 is 2.93 bits per heavy atom. The molecule has 0 aromatic carbocycles. The van der Waals surface area contributed by atoms with E-state index in [9.17, 15) is 9.59 Å². The van der Waals surface area contributed by atoms with Crippen molar-refractivity contribution in [2.75, 3.05) is 13.7 Å². The van der Waals surface area contributed by atoms with Crippen molar-refractivity contribution in [3.05, 3.63) is 24.4 Å². The second kappa shape index (κ2) is 4.60. The van der Waals surface area contributed by atoms with Gasteiger partial charge in [-0.05, 0) is 18.9 Å². The summed E-state index contributed by atoms with van der Waals surface area (Å²) in [4.78, 5) is 24.0. The maximum atomic E-state index is 11.4. The maximum absolute atomic E-state index is 11.4. The van der Waals surface area contributed by atoms with Crippen LogP contribution < -0.4 is 0 Å². The second-order valence-corrected chi connectivity index (χ2v) is 2.92. The SMILES string of the molecule is C=CC(=O)C1=CCCCN1C(=O)OC. The Hall–Kier alpha value is -1.58. The third-order valence-corrected chi connectivity index (χ3v) is 2.05.